The summed E-state index contributed by atoms with van der Waals surface area (Å²) in [5.41, 5.74) is 17.4. The molecule has 11 aromatic heterocycles. The average molecular weight is 1470 g/mol. The van der Waals surface area contributed by atoms with Crippen molar-refractivity contribution >= 4 is 109 Å². The number of hydrogen-bond acceptors (Lipinski definition) is 14. The summed E-state index contributed by atoms with van der Waals surface area (Å²) >= 11 is 6.90. The summed E-state index contributed by atoms with van der Waals surface area (Å²) in [6, 6.07) is 54.8. The minimum Gasteiger partial charge on any atom is -0.507 e. The Morgan fingerprint density at radius 2 is 0.696 bits per heavy atom. The number of rotatable bonds is 7. The second-order valence-corrected chi connectivity index (χ2v) is 24.7. The molecule has 0 bridgehead atoms. The van der Waals surface area contributed by atoms with Gasteiger partial charge in [-0.3, -0.25) is 53.3 Å². The van der Waals surface area contributed by atoms with Crippen LogP contribution in [0.15, 0.2) is 247 Å². The number of methoxy groups -OCH3 is 2. The monoisotopic (exact) mass is 1470 g/mol. The first-order chi connectivity index (χ1) is 49.6. The van der Waals surface area contributed by atoms with Gasteiger partial charge in [-0.1, -0.05) is 48.5 Å². The van der Waals surface area contributed by atoms with Crippen LogP contribution < -0.4 is 9.47 Å². The molecule has 0 radical (unpaired) electrons. The molecule has 0 unspecified atom stereocenters. The van der Waals surface area contributed by atoms with E-state index in [9.17, 15) is 5.11 Å². The Kier molecular flexibility index (Phi) is 21.2. The van der Waals surface area contributed by atoms with E-state index in [2.05, 4.69) is 128 Å². The summed E-state index contributed by atoms with van der Waals surface area (Å²) < 4.78 is 21.4. The number of aromatic nitrogens is 16. The zero-order chi connectivity index (χ0) is 71.4. The molecular formula is C79H64Br2N18O3. The van der Waals surface area contributed by atoms with E-state index in [-0.39, 0.29) is 5.75 Å². The fourth-order valence-corrected chi connectivity index (χ4v) is 12.7. The van der Waals surface area contributed by atoms with Crippen molar-refractivity contribution < 1.29 is 14.6 Å². The maximum absolute atomic E-state index is 10.0. The number of nitrogens with zero attached hydrogens (tertiary/aromatic N) is 18. The summed E-state index contributed by atoms with van der Waals surface area (Å²) in [6.45, 7) is 16.8. The van der Waals surface area contributed by atoms with Gasteiger partial charge < -0.3 is 14.6 Å². The lowest BCUT2D eigenvalue weighted by molar-refractivity contribution is 0.412. The molecule has 17 aromatic rings. The van der Waals surface area contributed by atoms with Gasteiger partial charge in [0.2, 0.25) is 0 Å². The average Bonchev–Trinajstić information content (AvgIpc) is 1.53. The van der Waals surface area contributed by atoms with Crippen LogP contribution in [0.25, 0.3) is 131 Å². The lowest BCUT2D eigenvalue weighted by atomic mass is 10.0. The highest BCUT2D eigenvalue weighted by Gasteiger charge is 2.17. The Bertz CT molecular complexity index is 5820. The van der Waals surface area contributed by atoms with Crippen LogP contribution in [-0.4, -0.2) is 98.1 Å². The minimum atomic E-state index is 0.222. The van der Waals surface area contributed by atoms with Crippen molar-refractivity contribution in [3.8, 4) is 73.5 Å². The van der Waals surface area contributed by atoms with Crippen LogP contribution in [0.1, 0.15) is 5.56 Å². The molecule has 6 aromatic carbocycles. The standard InChI is InChI=1S/C14H9BrN4.C14H10N4.C14H13N3O.C14H13N3.C13H11N3O.C10H8BrNO/c1-16-13-7-12-9(4-3-5-17-12)6-10(13)14-11(15)8-18-19(14)2;1-15-13-9-12-10(4-3-6-16-12)8-11(13)14-5-7-17-18(14)2;1-17-13(5-7-16-17)11-8-10-4-3-6-15-12(10)9-14(11)18-2;1-10-8-13-11(4-3-6-15-13)9-12(10)14-5-7-16-17(14)2;1-16-12(4-6-15-16)10-7-9-3-2-5-14-11(9)8-13(10)17;1-13-10-6-9-7(5-8(10)11)3-2-4-12-9/h3-8H,2H3;3-9H,2H3;3-9H,1-2H3;3-9H,1-2H3;2-8,17H,1H3;2-6H,1H3. The fraction of sp³-hybridized carbons (Fsp3) is 0.101. The number of aryl methyl sites for hydroxylation is 6. The summed E-state index contributed by atoms with van der Waals surface area (Å²) in [5.74, 6) is 1.84. The largest absolute Gasteiger partial charge is 0.507 e. The smallest absolute Gasteiger partial charge is 0.198 e. The quantitative estimate of drug-likeness (QED) is 0.147. The fourth-order valence-electron chi connectivity index (χ4n) is 11.6. The molecule has 0 atom stereocenters. The second-order valence-electron chi connectivity index (χ2n) is 23.0. The van der Waals surface area contributed by atoms with Crippen molar-refractivity contribution in [3.05, 3.63) is 275 Å². The third kappa shape index (κ3) is 15.2. The van der Waals surface area contributed by atoms with E-state index in [1.165, 1.54) is 11.1 Å². The number of halogens is 2. The molecule has 102 heavy (non-hydrogen) atoms. The van der Waals surface area contributed by atoms with Crippen LogP contribution in [0, 0.1) is 20.1 Å². The van der Waals surface area contributed by atoms with Crippen LogP contribution in [0.5, 0.6) is 17.2 Å². The van der Waals surface area contributed by atoms with Gasteiger partial charge >= 0.3 is 0 Å². The number of benzene rings is 6. The number of ether oxygens (including phenoxy) is 2. The van der Waals surface area contributed by atoms with E-state index in [0.717, 1.165) is 137 Å². The Morgan fingerprint density at radius 3 is 1.11 bits per heavy atom. The Hall–Kier alpha value is -12.8. The van der Waals surface area contributed by atoms with Crippen molar-refractivity contribution in [3.63, 3.8) is 0 Å². The van der Waals surface area contributed by atoms with Gasteiger partial charge in [-0.25, -0.2) is 9.69 Å². The topological polar surface area (TPSA) is 214 Å². The van der Waals surface area contributed by atoms with Crippen molar-refractivity contribution in [1.82, 2.24) is 78.8 Å². The van der Waals surface area contributed by atoms with Crippen molar-refractivity contribution in [2.75, 3.05) is 14.2 Å². The maximum atomic E-state index is 10.0. The third-order valence-corrected chi connectivity index (χ3v) is 17.9. The van der Waals surface area contributed by atoms with Gasteiger partial charge in [-0.2, -0.15) is 25.5 Å². The zero-order valence-corrected chi connectivity index (χ0v) is 59.8. The molecule has 21 nitrogen and oxygen atoms in total. The highest BCUT2D eigenvalue weighted by Crippen LogP contribution is 2.39. The van der Waals surface area contributed by atoms with Crippen molar-refractivity contribution in [1.29, 1.82) is 0 Å². The van der Waals surface area contributed by atoms with Crippen molar-refractivity contribution in [2.24, 2.45) is 35.2 Å². The van der Waals surface area contributed by atoms with Crippen molar-refractivity contribution in [2.45, 2.75) is 6.92 Å². The SMILES string of the molecule is COc1cc2ncccc2cc1-c1ccnn1C.COc1cc2ncccc2cc1Br.Cc1cc2ncccc2cc1-c1ccnn1C.Cn1nccc1-c1cc2cccnc2cc1O.[C-]#[N+]c1cc2ncccc2cc1-c1c(Br)cnn1C.[C-]#[N+]c1cc2ncccc2cc1-c1ccnn1C. The van der Waals surface area contributed by atoms with Gasteiger partial charge in [0, 0.05) is 165 Å². The molecule has 0 saturated carbocycles. The summed E-state index contributed by atoms with van der Waals surface area (Å²) in [5, 5.41) is 37.3. The minimum absolute atomic E-state index is 0.222. The molecular weight excluding hydrogens is 1410 g/mol. The Morgan fingerprint density at radius 1 is 0.353 bits per heavy atom. The molecule has 0 aliphatic rings. The lowest BCUT2D eigenvalue weighted by Crippen LogP contribution is -1.96. The molecule has 11 heterocycles. The molecule has 1 N–H and O–H groups in total. The first-order valence-electron chi connectivity index (χ1n) is 31.7. The van der Waals surface area contributed by atoms with Crippen LogP contribution in [0.2, 0.25) is 0 Å². The first-order valence-corrected chi connectivity index (χ1v) is 33.3. The van der Waals surface area contributed by atoms with Crippen LogP contribution >= 0.6 is 31.9 Å². The predicted molar refractivity (Wildman–Crippen MR) is 409 cm³/mol. The number of pyridine rings is 6. The molecule has 502 valence electrons. The number of aromatic hydroxyl groups is 1. The molecule has 0 fully saturated rings. The molecule has 0 aliphatic heterocycles. The van der Waals surface area contributed by atoms with Crippen LogP contribution in [-0.2, 0) is 35.2 Å². The molecule has 17 rings (SSSR count). The van der Waals surface area contributed by atoms with Crippen LogP contribution in [0.3, 0.4) is 0 Å². The van der Waals surface area contributed by atoms with E-state index >= 15 is 0 Å². The van der Waals surface area contributed by atoms with Gasteiger partial charge in [0.15, 0.2) is 11.4 Å². The van der Waals surface area contributed by atoms with E-state index in [1.54, 1.807) is 90.1 Å². The summed E-state index contributed by atoms with van der Waals surface area (Å²) in [6.07, 6.45) is 19.3. The number of fused-ring (bicyclic) bond motifs is 6. The Labute approximate surface area is 603 Å². The second kappa shape index (κ2) is 31.4. The third-order valence-electron chi connectivity index (χ3n) is 16.7. The highest BCUT2D eigenvalue weighted by molar-refractivity contribution is 9.11. The number of phenols is 1. The molecule has 0 saturated heterocycles. The first kappa shape index (κ1) is 69.1. The molecule has 23 heteroatoms. The lowest BCUT2D eigenvalue weighted by Gasteiger charge is -2.10. The molecule has 0 spiro atoms. The van der Waals surface area contributed by atoms with Gasteiger partial charge in [-0.15, -0.1) is 0 Å². The van der Waals surface area contributed by atoms with Crippen LogP contribution in [0.4, 0.5) is 11.4 Å². The van der Waals surface area contributed by atoms with E-state index < -0.39 is 0 Å². The maximum Gasteiger partial charge on any atom is 0.198 e. The molecule has 0 amide bonds. The van der Waals surface area contributed by atoms with E-state index in [1.807, 2.05) is 197 Å². The van der Waals surface area contributed by atoms with Gasteiger partial charge in [-0.05, 0) is 158 Å². The van der Waals surface area contributed by atoms with Gasteiger partial charge in [0.05, 0.1) is 104 Å². The zero-order valence-electron chi connectivity index (χ0n) is 56.6. The summed E-state index contributed by atoms with van der Waals surface area (Å²) in [4.78, 5) is 32.9. The van der Waals surface area contributed by atoms with E-state index in [0.29, 0.717) is 11.4 Å². The molecule has 0 aliphatic carbocycles. The van der Waals surface area contributed by atoms with Gasteiger partial charge in [0.1, 0.15) is 17.2 Å². The predicted octanol–water partition coefficient (Wildman–Crippen LogP) is 18.1. The number of phenolic OH excluding ortho intramolecular Hbond substituents is 1. The van der Waals surface area contributed by atoms with Gasteiger partial charge in [0.25, 0.3) is 0 Å². The summed E-state index contributed by atoms with van der Waals surface area (Å²) in [7, 11) is 12.8. The van der Waals surface area contributed by atoms with E-state index in [4.69, 9.17) is 22.6 Å². The Balaban J connectivity index is 0.000000116. The highest BCUT2D eigenvalue weighted by atomic mass is 79.9. The normalized spacial score (nSPS) is 10.7. The number of hydrogen-bond donors (Lipinski definition) is 1.